The van der Waals surface area contributed by atoms with Crippen LogP contribution in [-0.2, 0) is 9.47 Å². The summed E-state index contributed by atoms with van der Waals surface area (Å²) in [4.78, 5) is 0. The Balaban J connectivity index is 0.000000396. The van der Waals surface area contributed by atoms with Crippen LogP contribution in [-0.4, -0.2) is 86.8 Å². The van der Waals surface area contributed by atoms with Crippen molar-refractivity contribution >= 4 is 0 Å². The van der Waals surface area contributed by atoms with Gasteiger partial charge in [0.15, 0.2) is 6.29 Å². The maximum absolute atomic E-state index is 8.97. The fraction of sp³-hybridized carbons (Fsp3) is 1.00. The minimum Gasteiger partial charge on any atom is -0.387 e. The van der Waals surface area contributed by atoms with Crippen molar-refractivity contribution in [2.75, 3.05) is 13.2 Å². The van der Waals surface area contributed by atoms with Gasteiger partial charge in [-0.15, -0.1) is 0 Å². The lowest BCUT2D eigenvalue weighted by Gasteiger charge is -2.39. The molecular formula is C12H26O8. The Morgan fingerprint density at radius 1 is 0.650 bits per heavy atom. The maximum atomic E-state index is 8.97. The third-order valence-corrected chi connectivity index (χ3v) is 2.90. The fourth-order valence-corrected chi connectivity index (χ4v) is 1.73. The molecule has 0 aliphatic heterocycles. The van der Waals surface area contributed by atoms with Gasteiger partial charge in [0.1, 0.15) is 36.6 Å². The van der Waals surface area contributed by atoms with Crippen molar-refractivity contribution in [2.45, 2.75) is 63.7 Å². The number of aliphatic hydroxyl groups excluding tert-OH is 6. The van der Waals surface area contributed by atoms with E-state index in [4.69, 9.17) is 40.1 Å². The van der Waals surface area contributed by atoms with Crippen molar-refractivity contribution < 1.29 is 40.1 Å². The largest absolute Gasteiger partial charge is 0.387 e. The Bertz CT molecular complexity index is 187. The Labute approximate surface area is 118 Å². The van der Waals surface area contributed by atoms with Crippen LogP contribution in [0.15, 0.2) is 0 Å². The van der Waals surface area contributed by atoms with Gasteiger partial charge in [-0.2, -0.15) is 0 Å². The summed E-state index contributed by atoms with van der Waals surface area (Å²) < 4.78 is 10.1. The van der Waals surface area contributed by atoms with Crippen LogP contribution in [0, 0.1) is 0 Å². The van der Waals surface area contributed by atoms with Crippen LogP contribution >= 0.6 is 0 Å². The Morgan fingerprint density at radius 2 is 0.850 bits per heavy atom. The molecule has 0 spiro atoms. The Hall–Kier alpha value is -0.320. The summed E-state index contributed by atoms with van der Waals surface area (Å²) in [6.45, 7) is 7.25. The lowest BCUT2D eigenvalue weighted by atomic mass is 9.85. The molecule has 1 saturated carbocycles. The number of aliphatic hydroxyl groups is 6. The molecule has 1 fully saturated rings. The highest BCUT2D eigenvalue weighted by Crippen LogP contribution is 2.20. The van der Waals surface area contributed by atoms with E-state index in [-0.39, 0.29) is 6.29 Å². The van der Waals surface area contributed by atoms with Crippen molar-refractivity contribution in [3.8, 4) is 0 Å². The normalized spacial score (nSPS) is 37.5. The van der Waals surface area contributed by atoms with Crippen molar-refractivity contribution in [3.05, 3.63) is 0 Å². The maximum Gasteiger partial charge on any atom is 0.154 e. The molecule has 8 nitrogen and oxygen atoms in total. The van der Waals surface area contributed by atoms with E-state index in [2.05, 4.69) is 0 Å². The number of hydrogen-bond donors (Lipinski definition) is 6. The van der Waals surface area contributed by atoms with E-state index < -0.39 is 36.6 Å². The predicted molar refractivity (Wildman–Crippen MR) is 68.8 cm³/mol. The molecule has 122 valence electrons. The third-order valence-electron chi connectivity index (χ3n) is 2.90. The van der Waals surface area contributed by atoms with Crippen LogP contribution < -0.4 is 0 Å². The molecule has 0 bridgehead atoms. The van der Waals surface area contributed by atoms with Crippen molar-refractivity contribution in [2.24, 2.45) is 0 Å². The van der Waals surface area contributed by atoms with Gasteiger partial charge < -0.3 is 40.1 Å². The van der Waals surface area contributed by atoms with Gasteiger partial charge in [0.25, 0.3) is 0 Å². The number of rotatable bonds is 4. The van der Waals surface area contributed by atoms with Gasteiger partial charge >= 0.3 is 0 Å². The highest BCUT2D eigenvalue weighted by Gasteiger charge is 2.47. The molecule has 6 N–H and O–H groups in total. The lowest BCUT2D eigenvalue weighted by molar-refractivity contribution is -0.223. The van der Waals surface area contributed by atoms with Crippen LogP contribution in [0.2, 0.25) is 0 Å². The minimum atomic E-state index is -1.64. The summed E-state index contributed by atoms with van der Waals surface area (Å²) in [6, 6.07) is 0. The molecule has 1 rings (SSSR count). The second-order valence-electron chi connectivity index (χ2n) is 4.42. The molecule has 8 heteroatoms. The minimum absolute atomic E-state index is 0.0370. The predicted octanol–water partition coefficient (Wildman–Crippen LogP) is -2.43. The summed E-state index contributed by atoms with van der Waals surface area (Å²) in [7, 11) is 0. The molecule has 0 radical (unpaired) electrons. The van der Waals surface area contributed by atoms with E-state index in [1.54, 1.807) is 0 Å². The zero-order valence-electron chi connectivity index (χ0n) is 12.0. The first-order valence-corrected chi connectivity index (χ1v) is 6.59. The summed E-state index contributed by atoms with van der Waals surface area (Å²) >= 11 is 0. The SMILES string of the molecule is CCOC(C)OCC.O[C@H]1[C@H](O)[C@@H](O)[C@H](O)[C@@H](O)[C@H]1O. The van der Waals surface area contributed by atoms with Crippen LogP contribution in [0.5, 0.6) is 0 Å². The van der Waals surface area contributed by atoms with Gasteiger partial charge in [-0.3, -0.25) is 0 Å². The molecule has 1 aliphatic rings. The standard InChI is InChI=1S/C6H12O6.C6H14O2/c7-1-2(8)4(10)6(12)5(11)3(1)9;1-4-7-6(3)8-5-2/h1-12H;6H,4-5H2,1-3H3/t1-,2-,3-,4+,5-,6-;. The second kappa shape index (κ2) is 9.59. The average molecular weight is 298 g/mol. The molecule has 0 heterocycles. The average Bonchev–Trinajstić information content (AvgIpc) is 2.42. The molecule has 0 saturated heterocycles. The van der Waals surface area contributed by atoms with Gasteiger partial charge in [-0.05, 0) is 20.8 Å². The fourth-order valence-electron chi connectivity index (χ4n) is 1.73. The zero-order chi connectivity index (χ0) is 15.9. The van der Waals surface area contributed by atoms with Crippen LogP contribution in [0.25, 0.3) is 0 Å². The van der Waals surface area contributed by atoms with Crippen molar-refractivity contribution in [1.82, 2.24) is 0 Å². The van der Waals surface area contributed by atoms with E-state index in [0.29, 0.717) is 0 Å². The molecular weight excluding hydrogens is 272 g/mol. The first kappa shape index (κ1) is 19.7. The molecule has 0 aromatic heterocycles. The molecule has 0 aromatic rings. The van der Waals surface area contributed by atoms with Gasteiger partial charge in [-0.1, -0.05) is 0 Å². The summed E-state index contributed by atoms with van der Waals surface area (Å²) in [5.74, 6) is 0. The number of ether oxygens (including phenoxy) is 2. The molecule has 20 heavy (non-hydrogen) atoms. The Kier molecular flexibility index (Phi) is 9.43. The first-order valence-electron chi connectivity index (χ1n) is 6.59. The monoisotopic (exact) mass is 298 g/mol. The lowest BCUT2D eigenvalue weighted by Crippen LogP contribution is -2.63. The van der Waals surface area contributed by atoms with Gasteiger partial charge in [0.2, 0.25) is 0 Å². The zero-order valence-corrected chi connectivity index (χ0v) is 12.0. The Morgan fingerprint density at radius 3 is 1.00 bits per heavy atom. The van der Waals surface area contributed by atoms with Gasteiger partial charge in [0.05, 0.1) is 0 Å². The van der Waals surface area contributed by atoms with Crippen LogP contribution in [0.4, 0.5) is 0 Å². The third kappa shape index (κ3) is 5.58. The van der Waals surface area contributed by atoms with Crippen LogP contribution in [0.1, 0.15) is 20.8 Å². The topological polar surface area (TPSA) is 140 Å². The van der Waals surface area contributed by atoms with E-state index in [9.17, 15) is 0 Å². The van der Waals surface area contributed by atoms with Crippen LogP contribution in [0.3, 0.4) is 0 Å². The smallest absolute Gasteiger partial charge is 0.154 e. The quantitative estimate of drug-likeness (QED) is 0.315. The highest BCUT2D eigenvalue weighted by molar-refractivity contribution is 4.98. The highest BCUT2D eigenvalue weighted by atomic mass is 16.7. The molecule has 0 aromatic carbocycles. The van der Waals surface area contributed by atoms with E-state index in [1.807, 2.05) is 20.8 Å². The molecule has 0 unspecified atom stereocenters. The molecule has 0 atom stereocenters. The summed E-state index contributed by atoms with van der Waals surface area (Å²) in [6.07, 6.45) is -9.88. The van der Waals surface area contributed by atoms with Crippen molar-refractivity contribution in [1.29, 1.82) is 0 Å². The molecule has 0 amide bonds. The van der Waals surface area contributed by atoms with E-state index in [0.717, 1.165) is 13.2 Å². The van der Waals surface area contributed by atoms with Gasteiger partial charge in [0, 0.05) is 13.2 Å². The van der Waals surface area contributed by atoms with Crippen molar-refractivity contribution in [3.63, 3.8) is 0 Å². The number of hydrogen-bond acceptors (Lipinski definition) is 8. The van der Waals surface area contributed by atoms with E-state index >= 15 is 0 Å². The van der Waals surface area contributed by atoms with E-state index in [1.165, 1.54) is 0 Å². The summed E-state index contributed by atoms with van der Waals surface area (Å²) in [5, 5.41) is 53.8. The second-order valence-corrected chi connectivity index (χ2v) is 4.42. The van der Waals surface area contributed by atoms with Gasteiger partial charge in [-0.25, -0.2) is 0 Å². The first-order chi connectivity index (χ1) is 9.27. The summed E-state index contributed by atoms with van der Waals surface area (Å²) in [5.41, 5.74) is 0. The molecule has 1 aliphatic carbocycles.